The number of carbonyl (C=O) groups is 1. The molecule has 25 heavy (non-hydrogen) atoms. The van der Waals surface area contributed by atoms with Crippen molar-refractivity contribution in [3.8, 4) is 0 Å². The highest BCUT2D eigenvalue weighted by molar-refractivity contribution is 5.86. The Bertz CT molecular complexity index is 625. The maximum absolute atomic E-state index is 12.4. The molecule has 3 heteroatoms. The Hall–Kier alpha value is -0.670. The number of rotatable bonds is 1. The van der Waals surface area contributed by atoms with Crippen LogP contribution in [0.5, 0.6) is 0 Å². The number of hydrogen-bond acceptors (Lipinski definition) is 3. The third kappa shape index (κ3) is 2.09. The maximum Gasteiger partial charge on any atom is 0.162 e. The minimum atomic E-state index is -1.16. The molecule has 4 rings (SSSR count). The minimum absolute atomic E-state index is 0.0394. The zero-order chi connectivity index (χ0) is 18.2. The standard InChI is InChI=1S/C22H34O3/c1-13-11-19-17-6-5-15-12-16(24)7-9-20(15,3)18(17)8-10-21(19,4)22(13,25)14(2)23/h5,13,16-19,24-25H,6-12H2,1-4H3/t13-,16+,17+,18-,19-,20-,21-,22+/m0/s1. The second-order valence-electron chi connectivity index (χ2n) is 10.1. The summed E-state index contributed by atoms with van der Waals surface area (Å²) >= 11 is 0. The van der Waals surface area contributed by atoms with Crippen LogP contribution >= 0.6 is 0 Å². The van der Waals surface area contributed by atoms with Gasteiger partial charge in [0.15, 0.2) is 5.78 Å². The predicted molar refractivity (Wildman–Crippen MR) is 97.9 cm³/mol. The molecule has 0 aliphatic heterocycles. The molecule has 0 spiro atoms. The lowest BCUT2D eigenvalue weighted by molar-refractivity contribution is -0.165. The largest absolute Gasteiger partial charge is 0.393 e. The van der Waals surface area contributed by atoms with Gasteiger partial charge < -0.3 is 10.2 Å². The monoisotopic (exact) mass is 346 g/mol. The van der Waals surface area contributed by atoms with Gasteiger partial charge in [0, 0.05) is 5.41 Å². The molecule has 140 valence electrons. The second-order valence-corrected chi connectivity index (χ2v) is 10.1. The fourth-order valence-electron chi connectivity index (χ4n) is 7.73. The molecule has 0 heterocycles. The molecule has 0 aromatic carbocycles. The van der Waals surface area contributed by atoms with Crippen LogP contribution in [0.1, 0.15) is 72.6 Å². The summed E-state index contributed by atoms with van der Waals surface area (Å²) in [6.45, 7) is 8.26. The van der Waals surface area contributed by atoms with Gasteiger partial charge in [0.1, 0.15) is 5.60 Å². The highest BCUT2D eigenvalue weighted by atomic mass is 16.3. The minimum Gasteiger partial charge on any atom is -0.393 e. The number of carbonyl (C=O) groups excluding carboxylic acids is 1. The Morgan fingerprint density at radius 1 is 1.20 bits per heavy atom. The molecule has 4 aliphatic rings. The maximum atomic E-state index is 12.4. The van der Waals surface area contributed by atoms with Gasteiger partial charge in [-0.05, 0) is 81.0 Å². The van der Waals surface area contributed by atoms with Gasteiger partial charge in [-0.15, -0.1) is 0 Å². The van der Waals surface area contributed by atoms with Gasteiger partial charge in [-0.3, -0.25) is 4.79 Å². The Morgan fingerprint density at radius 3 is 2.60 bits per heavy atom. The molecule has 0 aromatic heterocycles. The van der Waals surface area contributed by atoms with Gasteiger partial charge in [-0.2, -0.15) is 0 Å². The van der Waals surface area contributed by atoms with Crippen LogP contribution in [0.3, 0.4) is 0 Å². The van der Waals surface area contributed by atoms with Crippen molar-refractivity contribution in [1.29, 1.82) is 0 Å². The number of aliphatic hydroxyl groups excluding tert-OH is 1. The van der Waals surface area contributed by atoms with Crippen LogP contribution in [0.2, 0.25) is 0 Å². The third-order valence-corrected chi connectivity index (χ3v) is 9.20. The second kappa shape index (κ2) is 5.42. The van der Waals surface area contributed by atoms with Crippen molar-refractivity contribution in [2.45, 2.75) is 84.3 Å². The number of ketones is 1. The van der Waals surface area contributed by atoms with Gasteiger partial charge in [0.25, 0.3) is 0 Å². The summed E-state index contributed by atoms with van der Waals surface area (Å²) in [5.74, 6) is 1.64. The van der Waals surface area contributed by atoms with Crippen molar-refractivity contribution in [2.24, 2.45) is 34.5 Å². The smallest absolute Gasteiger partial charge is 0.162 e. The van der Waals surface area contributed by atoms with E-state index < -0.39 is 5.60 Å². The average Bonchev–Trinajstić information content (AvgIpc) is 2.77. The molecule has 0 radical (unpaired) electrons. The van der Waals surface area contributed by atoms with Crippen LogP contribution < -0.4 is 0 Å². The average molecular weight is 347 g/mol. The van der Waals surface area contributed by atoms with Gasteiger partial charge in [-0.1, -0.05) is 32.4 Å². The predicted octanol–water partition coefficient (Wildman–Crippen LogP) is 3.88. The lowest BCUT2D eigenvalue weighted by atomic mass is 9.46. The third-order valence-electron chi connectivity index (χ3n) is 9.20. The summed E-state index contributed by atoms with van der Waals surface area (Å²) in [5.41, 5.74) is 0.249. The molecular formula is C22H34O3. The van der Waals surface area contributed by atoms with E-state index in [0.717, 1.165) is 44.9 Å². The number of allylic oxidation sites excluding steroid dienone is 1. The van der Waals surface area contributed by atoms with Crippen LogP contribution in [0, 0.1) is 34.5 Å². The first-order valence-corrected chi connectivity index (χ1v) is 10.3. The summed E-state index contributed by atoms with van der Waals surface area (Å²) in [7, 11) is 0. The normalized spacial score (nSPS) is 55.0. The quantitative estimate of drug-likeness (QED) is 0.709. The Kier molecular flexibility index (Phi) is 3.84. The number of Topliss-reactive ketones (excluding diaryl/α,β-unsaturated/α-hetero) is 1. The van der Waals surface area contributed by atoms with E-state index in [1.165, 1.54) is 5.57 Å². The molecule has 0 aromatic rings. The SMILES string of the molecule is CC(=O)[C@]1(O)[C@@H](C)C[C@H]2[C@@H]3CC=C4C[C@H](O)CC[C@]4(C)[C@H]3CC[C@@]21C. The molecule has 3 fully saturated rings. The van der Waals surface area contributed by atoms with Gasteiger partial charge in [-0.25, -0.2) is 0 Å². The molecule has 2 N–H and O–H groups in total. The van der Waals surface area contributed by atoms with Crippen LogP contribution in [-0.4, -0.2) is 27.7 Å². The van der Waals surface area contributed by atoms with Crippen LogP contribution in [0.15, 0.2) is 11.6 Å². The molecule has 0 unspecified atom stereocenters. The van der Waals surface area contributed by atoms with E-state index >= 15 is 0 Å². The van der Waals surface area contributed by atoms with Crippen LogP contribution in [-0.2, 0) is 4.79 Å². The topological polar surface area (TPSA) is 57.5 Å². The van der Waals surface area contributed by atoms with E-state index in [1.807, 2.05) is 0 Å². The van der Waals surface area contributed by atoms with Crippen molar-refractivity contribution in [2.75, 3.05) is 0 Å². The van der Waals surface area contributed by atoms with E-state index in [4.69, 9.17) is 0 Å². The Labute approximate surface area is 151 Å². The zero-order valence-electron chi connectivity index (χ0n) is 16.2. The summed E-state index contributed by atoms with van der Waals surface area (Å²) in [6, 6.07) is 0. The molecular weight excluding hydrogens is 312 g/mol. The summed E-state index contributed by atoms with van der Waals surface area (Å²) in [4.78, 5) is 12.4. The lowest BCUT2D eigenvalue weighted by Crippen LogP contribution is -2.58. The Balaban J connectivity index is 1.72. The van der Waals surface area contributed by atoms with E-state index in [1.54, 1.807) is 6.92 Å². The molecule has 3 saturated carbocycles. The van der Waals surface area contributed by atoms with Gasteiger partial charge in [0.2, 0.25) is 0 Å². The highest BCUT2D eigenvalue weighted by Crippen LogP contribution is 2.68. The number of aliphatic hydroxyl groups is 2. The summed E-state index contributed by atoms with van der Waals surface area (Å²) in [6.07, 6.45) is 9.15. The molecule has 0 bridgehead atoms. The summed E-state index contributed by atoms with van der Waals surface area (Å²) in [5, 5.41) is 21.5. The van der Waals surface area contributed by atoms with Gasteiger partial charge in [0.05, 0.1) is 6.10 Å². The van der Waals surface area contributed by atoms with Crippen molar-refractivity contribution in [3.05, 3.63) is 11.6 Å². The highest BCUT2D eigenvalue weighted by Gasteiger charge is 2.67. The lowest BCUT2D eigenvalue weighted by Gasteiger charge is -2.58. The van der Waals surface area contributed by atoms with E-state index in [0.29, 0.717) is 17.8 Å². The number of fused-ring (bicyclic) bond motifs is 5. The van der Waals surface area contributed by atoms with Crippen molar-refractivity contribution in [3.63, 3.8) is 0 Å². The van der Waals surface area contributed by atoms with Crippen molar-refractivity contribution in [1.82, 2.24) is 0 Å². The van der Waals surface area contributed by atoms with E-state index in [-0.39, 0.29) is 28.6 Å². The Morgan fingerprint density at radius 2 is 1.92 bits per heavy atom. The van der Waals surface area contributed by atoms with Crippen molar-refractivity contribution < 1.29 is 15.0 Å². The zero-order valence-corrected chi connectivity index (χ0v) is 16.2. The van der Waals surface area contributed by atoms with E-state index in [9.17, 15) is 15.0 Å². The molecule has 4 aliphatic carbocycles. The first-order valence-electron chi connectivity index (χ1n) is 10.3. The molecule has 3 nitrogen and oxygen atoms in total. The fourth-order valence-corrected chi connectivity index (χ4v) is 7.73. The molecule has 0 saturated heterocycles. The van der Waals surface area contributed by atoms with E-state index in [2.05, 4.69) is 26.8 Å². The van der Waals surface area contributed by atoms with Crippen LogP contribution in [0.25, 0.3) is 0 Å². The van der Waals surface area contributed by atoms with Crippen molar-refractivity contribution >= 4 is 5.78 Å². The first-order chi connectivity index (χ1) is 11.6. The number of hydrogen-bond donors (Lipinski definition) is 2. The van der Waals surface area contributed by atoms with Gasteiger partial charge >= 0.3 is 0 Å². The molecule has 8 atom stereocenters. The molecule has 0 amide bonds. The fraction of sp³-hybridized carbons (Fsp3) is 0.864. The first kappa shape index (κ1) is 17.7. The summed E-state index contributed by atoms with van der Waals surface area (Å²) < 4.78 is 0. The van der Waals surface area contributed by atoms with Crippen LogP contribution in [0.4, 0.5) is 0 Å².